The van der Waals surface area contributed by atoms with Crippen LogP contribution in [0.3, 0.4) is 0 Å². The molecule has 0 N–H and O–H groups in total. The van der Waals surface area contributed by atoms with Crippen LogP contribution in [-0.2, 0) is 0 Å². The number of thiophene rings is 1. The van der Waals surface area contributed by atoms with Crippen LogP contribution in [0, 0.1) is 55.4 Å². The maximum Gasteiger partial charge on any atom is 0.0372 e. The van der Waals surface area contributed by atoms with Crippen molar-refractivity contribution < 1.29 is 0 Å². The first-order valence-electron chi connectivity index (χ1n) is 10.5. The van der Waals surface area contributed by atoms with Gasteiger partial charge in [-0.15, -0.1) is 11.3 Å². The Bertz CT molecular complexity index is 800. The highest BCUT2D eigenvalue weighted by Crippen LogP contribution is 2.12. The van der Waals surface area contributed by atoms with Gasteiger partial charge >= 0.3 is 0 Å². The standard InChI is InChI=1S/C8H10.2C7H9N.C6H8S/c1-7-3-5-8(2)6-4-7;2*1-6-3-4-7(2)8-5-6;1-5-3-4-6(2)7-5/h3-6H,1-2H3;2*3-5H,1-2H3;3-4H,1-2H3. The largest absolute Gasteiger partial charge is 0.261 e. The maximum atomic E-state index is 4.08. The monoisotopic (exact) mass is 432 g/mol. The van der Waals surface area contributed by atoms with Gasteiger partial charge in [-0.2, -0.15) is 0 Å². The smallest absolute Gasteiger partial charge is 0.0372 e. The number of nitrogens with zero attached hydrogens (tertiary/aromatic N) is 2. The number of hydrogen-bond acceptors (Lipinski definition) is 3. The molecule has 3 heteroatoms. The summed E-state index contributed by atoms with van der Waals surface area (Å²) in [6, 6.07) is 20.9. The van der Waals surface area contributed by atoms with E-state index in [0.717, 1.165) is 11.4 Å². The van der Waals surface area contributed by atoms with Gasteiger partial charge in [0.05, 0.1) is 0 Å². The van der Waals surface area contributed by atoms with Crippen molar-refractivity contribution in [3.63, 3.8) is 0 Å². The van der Waals surface area contributed by atoms with Crippen molar-refractivity contribution in [1.29, 1.82) is 0 Å². The second-order valence-electron chi connectivity index (χ2n) is 7.77. The summed E-state index contributed by atoms with van der Waals surface area (Å²) in [5.74, 6) is 0. The van der Waals surface area contributed by atoms with E-state index in [4.69, 9.17) is 0 Å². The van der Waals surface area contributed by atoms with E-state index in [1.165, 1.54) is 32.0 Å². The van der Waals surface area contributed by atoms with Gasteiger partial charge < -0.3 is 0 Å². The van der Waals surface area contributed by atoms with Crippen LogP contribution in [-0.4, -0.2) is 9.97 Å². The van der Waals surface area contributed by atoms with Crippen molar-refractivity contribution in [3.05, 3.63) is 116 Å². The number of rotatable bonds is 0. The predicted molar refractivity (Wildman–Crippen MR) is 137 cm³/mol. The quantitative estimate of drug-likeness (QED) is 0.281. The number of benzene rings is 1. The van der Waals surface area contributed by atoms with Crippen LogP contribution in [0.15, 0.2) is 73.1 Å². The third-order valence-corrected chi connectivity index (χ3v) is 5.13. The Hall–Kier alpha value is -2.78. The minimum Gasteiger partial charge on any atom is -0.261 e. The Kier molecular flexibility index (Phi) is 12.1. The van der Waals surface area contributed by atoms with Gasteiger partial charge in [0, 0.05) is 33.5 Å². The molecule has 0 aliphatic carbocycles. The van der Waals surface area contributed by atoms with E-state index in [0.29, 0.717) is 0 Å². The summed E-state index contributed by atoms with van der Waals surface area (Å²) in [4.78, 5) is 11.0. The van der Waals surface area contributed by atoms with E-state index < -0.39 is 0 Å². The van der Waals surface area contributed by atoms with E-state index in [1.54, 1.807) is 0 Å². The summed E-state index contributed by atoms with van der Waals surface area (Å²) in [5, 5.41) is 0. The summed E-state index contributed by atoms with van der Waals surface area (Å²) in [7, 11) is 0. The molecule has 1 aromatic carbocycles. The minimum absolute atomic E-state index is 1.08. The summed E-state index contributed by atoms with van der Waals surface area (Å²) >= 11 is 1.84. The molecule has 0 aliphatic rings. The topological polar surface area (TPSA) is 25.8 Å². The zero-order valence-electron chi connectivity index (χ0n) is 20.2. The van der Waals surface area contributed by atoms with Gasteiger partial charge in [0.15, 0.2) is 0 Å². The zero-order chi connectivity index (χ0) is 23.2. The molecule has 0 radical (unpaired) electrons. The van der Waals surface area contributed by atoms with E-state index in [2.05, 4.69) is 86.2 Å². The fraction of sp³-hybridized carbons (Fsp3) is 0.286. The average molecular weight is 433 g/mol. The number of hydrogen-bond donors (Lipinski definition) is 0. The Morgan fingerprint density at radius 1 is 0.419 bits per heavy atom. The van der Waals surface area contributed by atoms with Crippen molar-refractivity contribution in [3.8, 4) is 0 Å². The molecule has 3 aromatic heterocycles. The lowest BCUT2D eigenvalue weighted by Crippen LogP contribution is -1.78. The second-order valence-corrected chi connectivity index (χ2v) is 9.26. The van der Waals surface area contributed by atoms with E-state index >= 15 is 0 Å². The van der Waals surface area contributed by atoms with E-state index in [9.17, 15) is 0 Å². The Labute approximate surface area is 193 Å². The lowest BCUT2D eigenvalue weighted by atomic mass is 10.2. The second kappa shape index (κ2) is 14.3. The van der Waals surface area contributed by atoms with Crippen molar-refractivity contribution in [1.82, 2.24) is 9.97 Å². The molecule has 2 nitrogen and oxygen atoms in total. The Morgan fingerprint density at radius 2 is 0.742 bits per heavy atom. The lowest BCUT2D eigenvalue weighted by Gasteiger charge is -1.90. The molecular weight excluding hydrogens is 396 g/mol. The fourth-order valence-corrected chi connectivity index (χ4v) is 3.06. The zero-order valence-corrected chi connectivity index (χ0v) is 21.0. The molecule has 0 aliphatic heterocycles. The number of aromatic nitrogens is 2. The average Bonchev–Trinajstić information content (AvgIpc) is 3.13. The van der Waals surface area contributed by atoms with Gasteiger partial charge in [-0.25, -0.2) is 0 Å². The summed E-state index contributed by atoms with van der Waals surface area (Å²) in [6.07, 6.45) is 3.74. The molecule has 0 bridgehead atoms. The van der Waals surface area contributed by atoms with Crippen LogP contribution >= 0.6 is 11.3 Å². The normalized spacial score (nSPS) is 9.29. The van der Waals surface area contributed by atoms with Gasteiger partial charge in [-0.3, -0.25) is 9.97 Å². The molecule has 3 heterocycles. The van der Waals surface area contributed by atoms with Crippen molar-refractivity contribution >= 4 is 11.3 Å². The van der Waals surface area contributed by atoms with Crippen LogP contribution in [0.25, 0.3) is 0 Å². The van der Waals surface area contributed by atoms with Gasteiger partial charge in [-0.05, 0) is 90.8 Å². The van der Waals surface area contributed by atoms with Crippen molar-refractivity contribution in [2.75, 3.05) is 0 Å². The first-order valence-corrected chi connectivity index (χ1v) is 11.3. The SMILES string of the molecule is Cc1ccc(C)cc1.Cc1ccc(C)nc1.Cc1ccc(C)nc1.Cc1ccc(C)s1. The lowest BCUT2D eigenvalue weighted by molar-refractivity contribution is 1.17. The summed E-state index contributed by atoms with van der Waals surface area (Å²) < 4.78 is 0. The number of aryl methyl sites for hydroxylation is 8. The highest BCUT2D eigenvalue weighted by Gasteiger charge is 1.84. The summed E-state index contributed by atoms with van der Waals surface area (Å²) in [6.45, 7) is 16.5. The molecule has 0 fully saturated rings. The van der Waals surface area contributed by atoms with Crippen molar-refractivity contribution in [2.45, 2.75) is 55.4 Å². The van der Waals surface area contributed by atoms with E-state index in [1.807, 2.05) is 63.6 Å². The molecule has 0 amide bonds. The molecule has 4 rings (SSSR count). The molecular formula is C28H36N2S. The minimum atomic E-state index is 1.08. The Morgan fingerprint density at radius 3 is 0.935 bits per heavy atom. The van der Waals surface area contributed by atoms with Gasteiger partial charge in [0.2, 0.25) is 0 Å². The summed E-state index contributed by atoms with van der Waals surface area (Å²) in [5.41, 5.74) is 7.25. The molecule has 0 saturated heterocycles. The molecule has 164 valence electrons. The fourth-order valence-electron chi connectivity index (χ4n) is 2.28. The number of pyridine rings is 2. The van der Waals surface area contributed by atoms with Gasteiger partial charge in [-0.1, -0.05) is 47.5 Å². The molecule has 0 unspecified atom stereocenters. The predicted octanol–water partition coefficient (Wildman–Crippen LogP) is 8.07. The Balaban J connectivity index is 0.000000207. The molecule has 0 spiro atoms. The highest BCUT2D eigenvalue weighted by atomic mass is 32.1. The van der Waals surface area contributed by atoms with E-state index in [-0.39, 0.29) is 0 Å². The van der Waals surface area contributed by atoms with Crippen LogP contribution in [0.1, 0.15) is 43.4 Å². The third kappa shape index (κ3) is 13.2. The van der Waals surface area contributed by atoms with Crippen LogP contribution in [0.4, 0.5) is 0 Å². The molecule has 4 aromatic rings. The van der Waals surface area contributed by atoms with Crippen LogP contribution in [0.5, 0.6) is 0 Å². The van der Waals surface area contributed by atoms with Crippen molar-refractivity contribution in [2.24, 2.45) is 0 Å². The molecule has 31 heavy (non-hydrogen) atoms. The van der Waals surface area contributed by atoms with Gasteiger partial charge in [0.25, 0.3) is 0 Å². The van der Waals surface area contributed by atoms with Crippen LogP contribution < -0.4 is 0 Å². The van der Waals surface area contributed by atoms with Gasteiger partial charge in [0.1, 0.15) is 0 Å². The molecule has 0 atom stereocenters. The first-order chi connectivity index (χ1) is 14.7. The third-order valence-electron chi connectivity index (χ3n) is 4.21. The highest BCUT2D eigenvalue weighted by molar-refractivity contribution is 7.11. The first kappa shape index (κ1) is 26.3. The maximum absolute atomic E-state index is 4.08. The molecule has 0 saturated carbocycles. The van der Waals surface area contributed by atoms with Crippen LogP contribution in [0.2, 0.25) is 0 Å².